The molecule has 0 fully saturated rings. The monoisotopic (exact) mass is 376 g/mol. The van der Waals surface area contributed by atoms with Crippen molar-refractivity contribution in [2.45, 2.75) is 26.3 Å². The lowest BCUT2D eigenvalue weighted by Crippen LogP contribution is -2.32. The van der Waals surface area contributed by atoms with Crippen molar-refractivity contribution in [3.05, 3.63) is 64.2 Å². The molecule has 0 spiro atoms. The fourth-order valence-corrected chi connectivity index (χ4v) is 2.87. The van der Waals surface area contributed by atoms with Crippen LogP contribution in [-0.4, -0.2) is 18.2 Å². The number of carbonyl (C=O) groups excluding carboxylic acids is 1. The topological polar surface area (TPSA) is 50.4 Å². The maximum atomic E-state index is 11.7. The van der Waals surface area contributed by atoms with E-state index in [-0.39, 0.29) is 6.04 Å². The van der Waals surface area contributed by atoms with Crippen LogP contribution in [0, 0.1) is 6.92 Å². The van der Waals surface area contributed by atoms with Crippen LogP contribution in [0.1, 0.15) is 40.9 Å². The van der Waals surface area contributed by atoms with Crippen LogP contribution in [0.2, 0.25) is 5.02 Å². The number of hydrogen-bond donors (Lipinski definition) is 2. The minimum atomic E-state index is -0.487. The summed E-state index contributed by atoms with van der Waals surface area (Å²) in [5.41, 5.74) is 3.35. The van der Waals surface area contributed by atoms with Gasteiger partial charge in [0, 0.05) is 5.69 Å². The van der Waals surface area contributed by atoms with Crippen LogP contribution in [0.5, 0.6) is 0 Å². The van der Waals surface area contributed by atoms with Crippen molar-refractivity contribution < 1.29 is 9.53 Å². The van der Waals surface area contributed by atoms with Crippen LogP contribution in [0.4, 0.5) is 5.69 Å². The molecular formula is C19H21ClN2O2S. The van der Waals surface area contributed by atoms with Gasteiger partial charge in [0.25, 0.3) is 0 Å². The third kappa shape index (κ3) is 5.18. The highest BCUT2D eigenvalue weighted by Gasteiger charge is 2.13. The van der Waals surface area contributed by atoms with Crippen molar-refractivity contribution in [2.24, 2.45) is 0 Å². The Bertz CT molecular complexity index is 763. The summed E-state index contributed by atoms with van der Waals surface area (Å²) in [6, 6.07) is 13.5. The number of anilines is 1. The molecule has 6 heteroatoms. The Balaban J connectivity index is 2.08. The van der Waals surface area contributed by atoms with Crippen LogP contribution in [0.25, 0.3) is 0 Å². The fraction of sp³-hybridized carbons (Fsp3) is 0.263. The van der Waals surface area contributed by atoms with Gasteiger partial charge < -0.3 is 15.4 Å². The van der Waals surface area contributed by atoms with E-state index in [0.29, 0.717) is 21.4 Å². The average molecular weight is 377 g/mol. The Morgan fingerprint density at radius 3 is 2.52 bits per heavy atom. The number of halogens is 1. The Morgan fingerprint density at radius 2 is 1.92 bits per heavy atom. The van der Waals surface area contributed by atoms with E-state index in [2.05, 4.69) is 48.7 Å². The van der Waals surface area contributed by atoms with E-state index < -0.39 is 5.97 Å². The number of rotatable bonds is 5. The van der Waals surface area contributed by atoms with Gasteiger partial charge in [0.05, 0.1) is 23.7 Å². The van der Waals surface area contributed by atoms with E-state index in [1.807, 2.05) is 0 Å². The molecule has 0 amide bonds. The molecule has 4 nitrogen and oxygen atoms in total. The lowest BCUT2D eigenvalue weighted by molar-refractivity contribution is 0.0601. The van der Waals surface area contributed by atoms with Crippen molar-refractivity contribution in [3.63, 3.8) is 0 Å². The average Bonchev–Trinajstić information content (AvgIpc) is 2.61. The summed E-state index contributed by atoms with van der Waals surface area (Å²) in [4.78, 5) is 11.7. The number of aryl methyl sites for hydroxylation is 1. The first-order valence-electron chi connectivity index (χ1n) is 7.96. The number of nitrogens with one attached hydrogen (secondary N) is 2. The number of ether oxygens (including phenoxy) is 1. The Labute approximate surface area is 158 Å². The lowest BCUT2D eigenvalue weighted by Gasteiger charge is -2.20. The van der Waals surface area contributed by atoms with E-state index >= 15 is 0 Å². The molecule has 0 aliphatic rings. The maximum Gasteiger partial charge on any atom is 0.339 e. The van der Waals surface area contributed by atoms with Crippen molar-refractivity contribution in [3.8, 4) is 0 Å². The third-order valence-electron chi connectivity index (χ3n) is 3.82. The molecule has 2 rings (SSSR count). The zero-order valence-corrected chi connectivity index (χ0v) is 16.0. The van der Waals surface area contributed by atoms with E-state index in [1.54, 1.807) is 18.2 Å². The first kappa shape index (κ1) is 19.2. The molecule has 0 aromatic heterocycles. The van der Waals surface area contributed by atoms with E-state index in [0.717, 1.165) is 6.42 Å². The molecule has 2 aromatic carbocycles. The Hall–Kier alpha value is -2.11. The molecule has 0 aliphatic carbocycles. The van der Waals surface area contributed by atoms with Crippen molar-refractivity contribution >= 4 is 40.6 Å². The van der Waals surface area contributed by atoms with Gasteiger partial charge in [0.15, 0.2) is 5.11 Å². The number of hydrogen-bond acceptors (Lipinski definition) is 3. The van der Waals surface area contributed by atoms with Gasteiger partial charge in [-0.1, -0.05) is 48.4 Å². The summed E-state index contributed by atoms with van der Waals surface area (Å²) in [5, 5.41) is 7.20. The molecule has 2 N–H and O–H groups in total. The van der Waals surface area contributed by atoms with Gasteiger partial charge in [-0.2, -0.15) is 0 Å². The summed E-state index contributed by atoms with van der Waals surface area (Å²) in [5.74, 6) is -0.487. The van der Waals surface area contributed by atoms with Gasteiger partial charge in [0.2, 0.25) is 0 Å². The van der Waals surface area contributed by atoms with Crippen LogP contribution in [0.15, 0.2) is 42.5 Å². The van der Waals surface area contributed by atoms with Crippen LogP contribution in [-0.2, 0) is 4.74 Å². The van der Waals surface area contributed by atoms with E-state index in [1.165, 1.54) is 18.2 Å². The molecule has 0 saturated carbocycles. The second kappa shape index (κ2) is 8.83. The molecule has 0 unspecified atom stereocenters. The minimum absolute atomic E-state index is 0.105. The van der Waals surface area contributed by atoms with Gasteiger partial charge in [-0.25, -0.2) is 4.79 Å². The number of methoxy groups -OCH3 is 1. The van der Waals surface area contributed by atoms with Crippen LogP contribution < -0.4 is 10.6 Å². The predicted molar refractivity (Wildman–Crippen MR) is 106 cm³/mol. The van der Waals surface area contributed by atoms with E-state index in [4.69, 9.17) is 28.6 Å². The maximum absolute atomic E-state index is 11.7. The second-order valence-corrected chi connectivity index (χ2v) is 6.47. The normalized spacial score (nSPS) is 11.5. The highest BCUT2D eigenvalue weighted by molar-refractivity contribution is 7.80. The molecule has 132 valence electrons. The number of esters is 1. The number of benzene rings is 2. The second-order valence-electron chi connectivity index (χ2n) is 5.66. The van der Waals surface area contributed by atoms with Crippen molar-refractivity contribution in [1.29, 1.82) is 0 Å². The molecule has 0 radical (unpaired) electrons. The van der Waals surface area contributed by atoms with Crippen LogP contribution >= 0.6 is 23.8 Å². The third-order valence-corrected chi connectivity index (χ3v) is 4.37. The van der Waals surface area contributed by atoms with E-state index in [9.17, 15) is 4.79 Å². The van der Waals surface area contributed by atoms with Gasteiger partial charge >= 0.3 is 5.97 Å². The summed E-state index contributed by atoms with van der Waals surface area (Å²) in [6.07, 6.45) is 0.888. The first-order valence-corrected chi connectivity index (χ1v) is 8.75. The molecule has 0 heterocycles. The largest absolute Gasteiger partial charge is 0.465 e. The molecule has 0 bridgehead atoms. The van der Waals surface area contributed by atoms with Gasteiger partial charge in [0.1, 0.15) is 0 Å². The predicted octanol–water partition coefficient (Wildman–Crippen LogP) is 4.87. The molecule has 2 aromatic rings. The summed E-state index contributed by atoms with van der Waals surface area (Å²) in [7, 11) is 1.32. The quantitative estimate of drug-likeness (QED) is 0.575. The Morgan fingerprint density at radius 1 is 1.24 bits per heavy atom. The number of carbonyl (C=O) groups is 1. The lowest BCUT2D eigenvalue weighted by atomic mass is 10.0. The zero-order valence-electron chi connectivity index (χ0n) is 14.4. The Kier molecular flexibility index (Phi) is 6.79. The molecule has 0 aliphatic heterocycles. The molecule has 25 heavy (non-hydrogen) atoms. The van der Waals surface area contributed by atoms with Gasteiger partial charge in [-0.05, 0) is 49.3 Å². The van der Waals surface area contributed by atoms with Gasteiger partial charge in [-0.3, -0.25) is 0 Å². The standard InChI is InChI=1S/C19H21ClN2O2S/c1-4-17(13-7-5-12(2)6-8-13)22-19(25)21-14-9-10-16(20)15(11-14)18(23)24-3/h5-11,17H,4H2,1-3H3,(H2,21,22,25)/t17-/m0/s1. The summed E-state index contributed by atoms with van der Waals surface area (Å²) in [6.45, 7) is 4.15. The van der Waals surface area contributed by atoms with Crippen molar-refractivity contribution in [2.75, 3.05) is 12.4 Å². The molecular weight excluding hydrogens is 356 g/mol. The van der Waals surface area contributed by atoms with Crippen LogP contribution in [0.3, 0.4) is 0 Å². The molecule has 0 saturated heterocycles. The SMILES string of the molecule is CC[C@H](NC(=S)Nc1ccc(Cl)c(C(=O)OC)c1)c1ccc(C)cc1. The fourth-order valence-electron chi connectivity index (χ4n) is 2.41. The number of thiocarbonyl (C=S) groups is 1. The zero-order chi connectivity index (χ0) is 18.4. The first-order chi connectivity index (χ1) is 11.9. The minimum Gasteiger partial charge on any atom is -0.465 e. The highest BCUT2D eigenvalue weighted by atomic mass is 35.5. The molecule has 1 atom stereocenters. The van der Waals surface area contributed by atoms with Gasteiger partial charge in [-0.15, -0.1) is 0 Å². The van der Waals surface area contributed by atoms with Crippen molar-refractivity contribution in [1.82, 2.24) is 5.32 Å². The highest BCUT2D eigenvalue weighted by Crippen LogP contribution is 2.22. The smallest absolute Gasteiger partial charge is 0.339 e. The summed E-state index contributed by atoms with van der Waals surface area (Å²) < 4.78 is 4.73. The summed E-state index contributed by atoms with van der Waals surface area (Å²) >= 11 is 11.4.